The summed E-state index contributed by atoms with van der Waals surface area (Å²) in [7, 11) is 2.07. The third-order valence-corrected chi connectivity index (χ3v) is 7.23. The number of anilines is 4. The minimum Gasteiger partial charge on any atom is -0.486 e. The maximum Gasteiger partial charge on any atom is 0.227 e. The van der Waals surface area contributed by atoms with Crippen LogP contribution in [0.15, 0.2) is 60.9 Å². The zero-order valence-corrected chi connectivity index (χ0v) is 21.4. The molecule has 0 bridgehead atoms. The first kappa shape index (κ1) is 25.1. The largest absolute Gasteiger partial charge is 0.486 e. The van der Waals surface area contributed by atoms with E-state index in [0.717, 1.165) is 32.1 Å². The first-order valence-electron chi connectivity index (χ1n) is 12.9. The third kappa shape index (κ3) is 5.12. The van der Waals surface area contributed by atoms with E-state index in [0.29, 0.717) is 29.3 Å². The highest BCUT2D eigenvalue weighted by atomic mass is 19.1. The van der Waals surface area contributed by atoms with Gasteiger partial charge in [-0.25, -0.2) is 28.1 Å². The van der Waals surface area contributed by atoms with Gasteiger partial charge in [-0.3, -0.25) is 0 Å². The van der Waals surface area contributed by atoms with Gasteiger partial charge in [0.05, 0.1) is 18.4 Å². The van der Waals surface area contributed by atoms with Crippen LogP contribution in [0.1, 0.15) is 24.3 Å². The fraction of sp³-hybridized carbons (Fsp3) is 0.276. The van der Waals surface area contributed by atoms with Gasteiger partial charge < -0.3 is 19.9 Å². The average Bonchev–Trinajstić information content (AvgIpc) is 2.95. The Morgan fingerprint density at radius 1 is 0.923 bits per heavy atom. The molecule has 0 unspecified atom stereocenters. The predicted molar refractivity (Wildman–Crippen MR) is 143 cm³/mol. The van der Waals surface area contributed by atoms with Gasteiger partial charge in [-0.1, -0.05) is 12.1 Å². The van der Waals surface area contributed by atoms with E-state index in [9.17, 15) is 4.39 Å². The first-order valence-corrected chi connectivity index (χ1v) is 12.9. The molecule has 4 heterocycles. The molecule has 0 atom stereocenters. The normalized spacial score (nSPS) is 16.1. The second-order valence-electron chi connectivity index (χ2n) is 9.82. The topological polar surface area (TPSA) is 66.4 Å². The van der Waals surface area contributed by atoms with Gasteiger partial charge in [-0.15, -0.1) is 0 Å². The lowest BCUT2D eigenvalue weighted by molar-refractivity contribution is 0.253. The van der Waals surface area contributed by atoms with Crippen molar-refractivity contribution >= 4 is 23.1 Å². The first-order chi connectivity index (χ1) is 19.0. The monoisotopic (exact) mass is 532 g/mol. The van der Waals surface area contributed by atoms with Crippen LogP contribution < -0.4 is 15.0 Å². The number of rotatable bonds is 5. The van der Waals surface area contributed by atoms with E-state index in [-0.39, 0.29) is 41.3 Å². The van der Waals surface area contributed by atoms with E-state index >= 15 is 8.78 Å². The van der Waals surface area contributed by atoms with Crippen LogP contribution in [0.25, 0.3) is 11.3 Å². The quantitative estimate of drug-likeness (QED) is 0.336. The molecule has 2 aromatic heterocycles. The standard InChI is InChI=1S/C29H27F3N6O/c1-37-10-7-18(8-11-37)21-6-5-20(16-22(21)30)35-29-34-17-24(32)27(36-29)19-14-23(31)28-25(15-19)38(12-13-39-28)26-4-2-3-9-33-26/h2-6,9,14-18H,7-8,10-13H2,1H3,(H,34,35,36). The highest BCUT2D eigenvalue weighted by Gasteiger charge is 2.26. The fourth-order valence-electron chi connectivity index (χ4n) is 5.18. The number of hydrogen-bond acceptors (Lipinski definition) is 7. The molecule has 0 radical (unpaired) electrons. The van der Waals surface area contributed by atoms with Gasteiger partial charge in [0.25, 0.3) is 0 Å². The molecule has 2 aliphatic heterocycles. The maximum absolute atomic E-state index is 15.1. The molecule has 200 valence electrons. The summed E-state index contributed by atoms with van der Waals surface area (Å²) >= 11 is 0. The van der Waals surface area contributed by atoms with Crippen molar-refractivity contribution in [2.75, 3.05) is 43.5 Å². The number of benzene rings is 2. The number of nitrogens with zero attached hydrogens (tertiary/aromatic N) is 5. The molecule has 0 spiro atoms. The van der Waals surface area contributed by atoms with E-state index in [1.54, 1.807) is 30.5 Å². The van der Waals surface area contributed by atoms with Crippen molar-refractivity contribution in [2.45, 2.75) is 18.8 Å². The molecule has 0 saturated carbocycles. The lowest BCUT2D eigenvalue weighted by Gasteiger charge is -2.31. The second-order valence-corrected chi connectivity index (χ2v) is 9.82. The summed E-state index contributed by atoms with van der Waals surface area (Å²) < 4.78 is 50.7. The van der Waals surface area contributed by atoms with Gasteiger partial charge in [0, 0.05) is 17.4 Å². The zero-order chi connectivity index (χ0) is 26.9. The number of pyridine rings is 1. The van der Waals surface area contributed by atoms with Crippen LogP contribution in [0.2, 0.25) is 0 Å². The van der Waals surface area contributed by atoms with E-state index in [2.05, 4.69) is 32.2 Å². The van der Waals surface area contributed by atoms with Crippen molar-refractivity contribution in [3.63, 3.8) is 0 Å². The highest BCUT2D eigenvalue weighted by Crippen LogP contribution is 2.41. The Kier molecular flexibility index (Phi) is 6.78. The molecule has 0 aliphatic carbocycles. The van der Waals surface area contributed by atoms with Crippen LogP contribution in [0.3, 0.4) is 0 Å². The van der Waals surface area contributed by atoms with Crippen molar-refractivity contribution in [3.05, 3.63) is 83.9 Å². The molecular formula is C29H27F3N6O. The van der Waals surface area contributed by atoms with Gasteiger partial charge in [0.15, 0.2) is 17.4 Å². The Balaban J connectivity index is 1.29. The Morgan fingerprint density at radius 2 is 1.77 bits per heavy atom. The van der Waals surface area contributed by atoms with Crippen molar-refractivity contribution in [2.24, 2.45) is 0 Å². The minimum absolute atomic E-state index is 0.0637. The summed E-state index contributed by atoms with van der Waals surface area (Å²) in [5.74, 6) is -0.722. The maximum atomic E-state index is 15.1. The number of halogens is 3. The van der Waals surface area contributed by atoms with E-state index < -0.39 is 11.6 Å². The number of ether oxygens (including phenoxy) is 1. The third-order valence-electron chi connectivity index (χ3n) is 7.23. The van der Waals surface area contributed by atoms with Crippen LogP contribution in [0.5, 0.6) is 5.75 Å². The fourth-order valence-corrected chi connectivity index (χ4v) is 5.18. The molecule has 39 heavy (non-hydrogen) atoms. The Morgan fingerprint density at radius 3 is 2.54 bits per heavy atom. The van der Waals surface area contributed by atoms with Gasteiger partial charge in [0.1, 0.15) is 23.9 Å². The molecule has 7 nitrogen and oxygen atoms in total. The number of fused-ring (bicyclic) bond motifs is 1. The Labute approximate surface area is 224 Å². The smallest absolute Gasteiger partial charge is 0.227 e. The zero-order valence-electron chi connectivity index (χ0n) is 21.4. The molecule has 1 N–H and O–H groups in total. The lowest BCUT2D eigenvalue weighted by Crippen LogP contribution is -2.29. The number of nitrogens with one attached hydrogen (secondary N) is 1. The Bertz CT molecular complexity index is 1490. The molecule has 4 aromatic rings. The molecule has 1 saturated heterocycles. The number of likely N-dealkylation sites (tertiary alicyclic amines) is 1. The van der Waals surface area contributed by atoms with Crippen LogP contribution in [-0.2, 0) is 0 Å². The van der Waals surface area contributed by atoms with Gasteiger partial charge in [-0.2, -0.15) is 0 Å². The minimum atomic E-state index is -0.718. The van der Waals surface area contributed by atoms with Crippen LogP contribution in [0, 0.1) is 17.5 Å². The van der Waals surface area contributed by atoms with Crippen molar-refractivity contribution in [1.29, 1.82) is 0 Å². The molecule has 2 aliphatic rings. The summed E-state index contributed by atoms with van der Waals surface area (Å²) in [5, 5.41) is 2.95. The number of aromatic nitrogens is 3. The van der Waals surface area contributed by atoms with Gasteiger partial charge >= 0.3 is 0 Å². The molecular weight excluding hydrogens is 505 g/mol. The van der Waals surface area contributed by atoms with Crippen LogP contribution in [0.4, 0.5) is 36.3 Å². The molecule has 6 rings (SSSR count). The van der Waals surface area contributed by atoms with Crippen molar-refractivity contribution < 1.29 is 17.9 Å². The predicted octanol–water partition coefficient (Wildman–Crippen LogP) is 6.04. The van der Waals surface area contributed by atoms with Gasteiger partial charge in [0.2, 0.25) is 5.95 Å². The molecule has 1 fully saturated rings. The van der Waals surface area contributed by atoms with E-state index in [4.69, 9.17) is 4.74 Å². The van der Waals surface area contributed by atoms with Crippen molar-refractivity contribution in [3.8, 4) is 17.0 Å². The van der Waals surface area contributed by atoms with E-state index in [1.165, 1.54) is 12.1 Å². The molecule has 2 aromatic carbocycles. The Hall–Kier alpha value is -4.18. The van der Waals surface area contributed by atoms with Gasteiger partial charge in [-0.05, 0) is 80.9 Å². The average molecular weight is 533 g/mol. The molecule has 0 amide bonds. The van der Waals surface area contributed by atoms with Crippen LogP contribution >= 0.6 is 0 Å². The summed E-state index contributed by atoms with van der Waals surface area (Å²) in [5.41, 5.74) is 1.68. The van der Waals surface area contributed by atoms with Crippen molar-refractivity contribution in [1.82, 2.24) is 19.9 Å². The highest BCUT2D eigenvalue weighted by molar-refractivity contribution is 5.76. The summed E-state index contributed by atoms with van der Waals surface area (Å²) in [6, 6.07) is 13.2. The SMILES string of the molecule is CN1CCC(c2ccc(Nc3ncc(F)c(-c4cc(F)c5c(c4)N(c4ccccn4)CCO5)n3)cc2F)CC1. The summed E-state index contributed by atoms with van der Waals surface area (Å²) in [6.45, 7) is 2.60. The lowest BCUT2D eigenvalue weighted by atomic mass is 9.89. The van der Waals surface area contributed by atoms with E-state index in [1.807, 2.05) is 17.0 Å². The summed E-state index contributed by atoms with van der Waals surface area (Å²) in [4.78, 5) is 16.8. The number of piperidine rings is 1. The van der Waals surface area contributed by atoms with Crippen LogP contribution in [-0.4, -0.2) is 53.1 Å². The number of hydrogen-bond donors (Lipinski definition) is 1. The molecule has 10 heteroatoms. The summed E-state index contributed by atoms with van der Waals surface area (Å²) in [6.07, 6.45) is 4.48. The second kappa shape index (κ2) is 10.5.